The Bertz CT molecular complexity index is 251. The molecular weight excluding hydrogens is 232 g/mol. The molecule has 0 aromatic rings. The van der Waals surface area contributed by atoms with E-state index in [9.17, 15) is 9.59 Å². The molecule has 0 aromatic heterocycles. The molecule has 6 heteroatoms. The Balaban J connectivity index is 3.94. The van der Waals surface area contributed by atoms with Crippen molar-refractivity contribution in [1.29, 1.82) is 0 Å². The molecule has 0 spiro atoms. The molecule has 2 N–H and O–H groups in total. The molecule has 2 atom stereocenters. The minimum Gasteiger partial charge on any atom is -0.346 e. The second kappa shape index (κ2) is 8.05. The maximum atomic E-state index is 11.5. The predicted octanol–water partition coefficient (Wildman–Crippen LogP) is -0.881. The summed E-state index contributed by atoms with van der Waals surface area (Å²) in [5.74, 6) is -1.15. The molecule has 0 aliphatic rings. The van der Waals surface area contributed by atoms with E-state index >= 15 is 0 Å². The van der Waals surface area contributed by atoms with Crippen molar-refractivity contribution in [3.63, 3.8) is 0 Å². The minimum absolute atomic E-state index is 0.197. The van der Waals surface area contributed by atoms with Crippen LogP contribution in [0, 0.1) is 0 Å². The number of rotatable bonds is 6. The van der Waals surface area contributed by atoms with Gasteiger partial charge in [-0.05, 0) is 42.0 Å². The van der Waals surface area contributed by atoms with E-state index in [0.717, 1.165) is 0 Å². The topological polar surface area (TPSA) is 64.7 Å². The molecule has 0 rings (SSSR count). The van der Waals surface area contributed by atoms with Crippen LogP contribution in [0.1, 0.15) is 13.8 Å². The molecule has 0 bridgehead atoms. The van der Waals surface area contributed by atoms with E-state index in [1.807, 2.05) is 51.8 Å². The summed E-state index contributed by atoms with van der Waals surface area (Å²) in [4.78, 5) is 27.0. The Hall–Kier alpha value is -1.14. The van der Waals surface area contributed by atoms with Crippen molar-refractivity contribution < 1.29 is 9.59 Å². The van der Waals surface area contributed by atoms with Crippen LogP contribution in [0.5, 0.6) is 0 Å². The van der Waals surface area contributed by atoms with E-state index in [1.165, 1.54) is 0 Å². The highest BCUT2D eigenvalue weighted by Crippen LogP contribution is 1.89. The first kappa shape index (κ1) is 16.9. The average Bonchev–Trinajstić information content (AvgIpc) is 2.31. The van der Waals surface area contributed by atoms with Gasteiger partial charge in [-0.1, -0.05) is 0 Å². The van der Waals surface area contributed by atoms with Crippen molar-refractivity contribution in [3.05, 3.63) is 0 Å². The van der Waals surface area contributed by atoms with Gasteiger partial charge in [0.1, 0.15) is 0 Å². The minimum atomic E-state index is -0.574. The van der Waals surface area contributed by atoms with Crippen molar-refractivity contribution in [2.45, 2.75) is 25.9 Å². The van der Waals surface area contributed by atoms with Gasteiger partial charge in [0.2, 0.25) is 0 Å². The predicted molar refractivity (Wildman–Crippen MR) is 72.3 cm³/mol. The SMILES string of the molecule is CC(CNC(=O)C(=O)NCC(C)N(C)C)N(C)C. The van der Waals surface area contributed by atoms with Crippen LogP contribution in [0.3, 0.4) is 0 Å². The molecule has 0 aromatic carbocycles. The lowest BCUT2D eigenvalue weighted by molar-refractivity contribution is -0.139. The van der Waals surface area contributed by atoms with Crippen LogP contribution in [0.4, 0.5) is 0 Å². The first-order valence-corrected chi connectivity index (χ1v) is 6.14. The number of nitrogens with one attached hydrogen (secondary N) is 2. The fourth-order valence-electron chi connectivity index (χ4n) is 1.01. The van der Waals surface area contributed by atoms with Gasteiger partial charge in [-0.25, -0.2) is 0 Å². The summed E-state index contributed by atoms with van der Waals surface area (Å²) in [6, 6.07) is 0.393. The van der Waals surface area contributed by atoms with E-state index < -0.39 is 11.8 Å². The van der Waals surface area contributed by atoms with Crippen LogP contribution < -0.4 is 10.6 Å². The quantitative estimate of drug-likeness (QED) is 0.607. The van der Waals surface area contributed by atoms with Crippen molar-refractivity contribution in [1.82, 2.24) is 20.4 Å². The number of nitrogens with zero attached hydrogens (tertiary/aromatic N) is 2. The molecule has 18 heavy (non-hydrogen) atoms. The monoisotopic (exact) mass is 258 g/mol. The first-order chi connectivity index (χ1) is 8.25. The number of amides is 2. The van der Waals surface area contributed by atoms with E-state index in [-0.39, 0.29) is 12.1 Å². The highest BCUT2D eigenvalue weighted by Gasteiger charge is 2.15. The molecule has 0 aliphatic heterocycles. The number of carbonyl (C=O) groups is 2. The maximum absolute atomic E-state index is 11.5. The molecule has 106 valence electrons. The summed E-state index contributed by atoms with van der Waals surface area (Å²) in [5.41, 5.74) is 0. The Morgan fingerprint density at radius 3 is 1.33 bits per heavy atom. The van der Waals surface area contributed by atoms with Crippen LogP contribution in [-0.2, 0) is 9.59 Å². The number of hydrogen-bond donors (Lipinski definition) is 2. The largest absolute Gasteiger partial charge is 0.346 e. The van der Waals surface area contributed by atoms with Crippen LogP contribution in [0.2, 0.25) is 0 Å². The molecule has 0 fully saturated rings. The van der Waals surface area contributed by atoms with Gasteiger partial charge < -0.3 is 20.4 Å². The summed E-state index contributed by atoms with van der Waals surface area (Å²) >= 11 is 0. The van der Waals surface area contributed by atoms with Crippen LogP contribution >= 0.6 is 0 Å². The molecule has 0 radical (unpaired) electrons. The average molecular weight is 258 g/mol. The molecule has 6 nitrogen and oxygen atoms in total. The Morgan fingerprint density at radius 2 is 1.11 bits per heavy atom. The van der Waals surface area contributed by atoms with Gasteiger partial charge in [0.05, 0.1) is 0 Å². The molecule has 0 heterocycles. The zero-order valence-corrected chi connectivity index (χ0v) is 12.3. The Kier molecular flexibility index (Phi) is 7.54. The van der Waals surface area contributed by atoms with Crippen molar-refractivity contribution in [2.24, 2.45) is 0 Å². The highest BCUT2D eigenvalue weighted by atomic mass is 16.2. The van der Waals surface area contributed by atoms with Gasteiger partial charge in [-0.15, -0.1) is 0 Å². The Morgan fingerprint density at radius 1 is 0.833 bits per heavy atom. The zero-order chi connectivity index (χ0) is 14.3. The van der Waals surface area contributed by atoms with Crippen LogP contribution in [-0.4, -0.2) is 75.0 Å². The van der Waals surface area contributed by atoms with Gasteiger partial charge in [-0.3, -0.25) is 9.59 Å². The van der Waals surface area contributed by atoms with Gasteiger partial charge >= 0.3 is 11.8 Å². The second-order valence-electron chi connectivity index (χ2n) is 5.05. The van der Waals surface area contributed by atoms with Gasteiger partial charge in [0.25, 0.3) is 0 Å². The summed E-state index contributed by atoms with van der Waals surface area (Å²) in [6.07, 6.45) is 0. The first-order valence-electron chi connectivity index (χ1n) is 6.14. The van der Waals surface area contributed by atoms with Crippen LogP contribution in [0.25, 0.3) is 0 Å². The van der Waals surface area contributed by atoms with Gasteiger partial charge in [-0.2, -0.15) is 0 Å². The summed E-state index contributed by atoms with van der Waals surface area (Å²) < 4.78 is 0. The zero-order valence-electron chi connectivity index (χ0n) is 12.3. The fourth-order valence-corrected chi connectivity index (χ4v) is 1.01. The molecule has 0 aliphatic carbocycles. The number of carbonyl (C=O) groups excluding carboxylic acids is 2. The number of likely N-dealkylation sites (N-methyl/N-ethyl adjacent to an activating group) is 2. The van der Waals surface area contributed by atoms with Crippen molar-refractivity contribution in [2.75, 3.05) is 41.3 Å². The molecule has 0 saturated heterocycles. The summed E-state index contributed by atoms with van der Waals surface area (Å²) in [6.45, 7) is 4.88. The molecule has 0 saturated carbocycles. The fraction of sp³-hybridized carbons (Fsp3) is 0.833. The smallest absolute Gasteiger partial charge is 0.309 e. The van der Waals surface area contributed by atoms with Gasteiger partial charge in [0, 0.05) is 25.2 Å². The van der Waals surface area contributed by atoms with E-state index in [0.29, 0.717) is 13.1 Å². The lowest BCUT2D eigenvalue weighted by atomic mass is 10.3. The third kappa shape index (κ3) is 6.56. The third-order valence-corrected chi connectivity index (χ3v) is 3.09. The molecule has 2 unspecified atom stereocenters. The van der Waals surface area contributed by atoms with Crippen LogP contribution in [0.15, 0.2) is 0 Å². The van der Waals surface area contributed by atoms with Gasteiger partial charge in [0.15, 0.2) is 0 Å². The number of hydrogen-bond acceptors (Lipinski definition) is 4. The molecule has 2 amide bonds. The van der Waals surface area contributed by atoms with Crippen molar-refractivity contribution >= 4 is 11.8 Å². The summed E-state index contributed by atoms with van der Waals surface area (Å²) in [5, 5.41) is 5.22. The second-order valence-corrected chi connectivity index (χ2v) is 5.05. The lowest BCUT2D eigenvalue weighted by Gasteiger charge is -2.21. The highest BCUT2D eigenvalue weighted by molar-refractivity contribution is 6.35. The van der Waals surface area contributed by atoms with E-state index in [1.54, 1.807) is 0 Å². The maximum Gasteiger partial charge on any atom is 0.309 e. The van der Waals surface area contributed by atoms with E-state index in [4.69, 9.17) is 0 Å². The lowest BCUT2D eigenvalue weighted by Crippen LogP contribution is -2.47. The normalized spacial score (nSPS) is 14.4. The Labute approximate surface area is 110 Å². The standard InChI is InChI=1S/C12H26N4O2/c1-9(15(3)4)7-13-11(17)12(18)14-8-10(2)16(5)6/h9-10H,7-8H2,1-6H3,(H,13,17)(H,14,18). The van der Waals surface area contributed by atoms with E-state index in [2.05, 4.69) is 10.6 Å². The summed E-state index contributed by atoms with van der Waals surface area (Å²) in [7, 11) is 7.70. The third-order valence-electron chi connectivity index (χ3n) is 3.09. The molecular formula is C12H26N4O2. The van der Waals surface area contributed by atoms with Crippen molar-refractivity contribution in [3.8, 4) is 0 Å².